The fraction of sp³-hybridized carbons (Fsp3) is 0.200. The molecule has 1 aromatic carbocycles. The van der Waals surface area contributed by atoms with Crippen molar-refractivity contribution < 1.29 is 4.39 Å². The minimum absolute atomic E-state index is 0.149. The molecule has 13 heavy (non-hydrogen) atoms. The van der Waals surface area contributed by atoms with Crippen LogP contribution in [0.3, 0.4) is 0 Å². The van der Waals surface area contributed by atoms with Crippen LogP contribution < -0.4 is 5.73 Å². The molecular weight excluding hydrogens is 189 g/mol. The molecule has 0 aliphatic rings. The Morgan fingerprint density at radius 2 is 2.23 bits per heavy atom. The van der Waals surface area contributed by atoms with Gasteiger partial charge in [-0.15, -0.1) is 0 Å². The van der Waals surface area contributed by atoms with Crippen LogP contribution in [0.5, 0.6) is 0 Å². The molecule has 0 aromatic heterocycles. The summed E-state index contributed by atoms with van der Waals surface area (Å²) >= 11 is 5.52. The minimum Gasteiger partial charge on any atom is -0.330 e. The smallest absolute Gasteiger partial charge is 0.142 e. The van der Waals surface area contributed by atoms with Gasteiger partial charge in [0.2, 0.25) is 0 Å². The van der Waals surface area contributed by atoms with Gasteiger partial charge in [0.1, 0.15) is 5.82 Å². The highest BCUT2D eigenvalue weighted by atomic mass is 35.5. The van der Waals surface area contributed by atoms with Crippen molar-refractivity contribution in [2.75, 3.05) is 6.54 Å². The second-order valence-electron chi connectivity index (χ2n) is 2.65. The van der Waals surface area contributed by atoms with E-state index in [0.717, 1.165) is 12.0 Å². The molecule has 0 saturated carbocycles. The molecule has 1 rings (SSSR count). The Kier molecular flexibility index (Phi) is 3.93. The summed E-state index contributed by atoms with van der Waals surface area (Å²) in [5.74, 6) is -0.392. The minimum atomic E-state index is -0.392. The Bertz CT molecular complexity index is 310. The van der Waals surface area contributed by atoms with Gasteiger partial charge in [-0.2, -0.15) is 0 Å². The highest BCUT2D eigenvalue weighted by Crippen LogP contribution is 2.16. The predicted molar refractivity (Wildman–Crippen MR) is 54.1 cm³/mol. The Hall–Kier alpha value is -0.860. The van der Waals surface area contributed by atoms with Gasteiger partial charge in [-0.25, -0.2) is 4.39 Å². The molecule has 0 spiro atoms. The number of hydrogen-bond donors (Lipinski definition) is 1. The standard InChI is InChI=1S/C10H11ClFN/c11-9-5-4-8(7-10(9)12)3-1-2-6-13/h1,3-5,7H,2,6,13H2. The lowest BCUT2D eigenvalue weighted by molar-refractivity contribution is 0.628. The molecule has 2 N–H and O–H groups in total. The van der Waals surface area contributed by atoms with Crippen LogP contribution >= 0.6 is 11.6 Å². The lowest BCUT2D eigenvalue weighted by atomic mass is 10.2. The quantitative estimate of drug-likeness (QED) is 0.796. The summed E-state index contributed by atoms with van der Waals surface area (Å²) in [6, 6.07) is 4.70. The molecule has 0 aliphatic heterocycles. The third-order valence-electron chi connectivity index (χ3n) is 1.59. The molecule has 1 aromatic rings. The van der Waals surface area contributed by atoms with E-state index < -0.39 is 5.82 Å². The summed E-state index contributed by atoms with van der Waals surface area (Å²) in [6.07, 6.45) is 4.53. The normalized spacial score (nSPS) is 11.0. The number of nitrogens with two attached hydrogens (primary N) is 1. The van der Waals surface area contributed by atoms with Crippen molar-refractivity contribution in [2.24, 2.45) is 5.73 Å². The average molecular weight is 200 g/mol. The van der Waals surface area contributed by atoms with Gasteiger partial charge >= 0.3 is 0 Å². The van der Waals surface area contributed by atoms with Gasteiger partial charge in [-0.3, -0.25) is 0 Å². The molecule has 0 fully saturated rings. The van der Waals surface area contributed by atoms with E-state index in [4.69, 9.17) is 17.3 Å². The summed E-state index contributed by atoms with van der Waals surface area (Å²) in [5.41, 5.74) is 6.10. The van der Waals surface area contributed by atoms with Crippen molar-refractivity contribution >= 4 is 17.7 Å². The SMILES string of the molecule is NCCC=Cc1ccc(Cl)c(F)c1. The van der Waals surface area contributed by atoms with Crippen LogP contribution in [-0.2, 0) is 0 Å². The number of halogens is 2. The maximum Gasteiger partial charge on any atom is 0.142 e. The van der Waals surface area contributed by atoms with Gasteiger partial charge < -0.3 is 5.73 Å². The van der Waals surface area contributed by atoms with E-state index in [1.165, 1.54) is 6.07 Å². The predicted octanol–water partition coefficient (Wildman–Crippen LogP) is 2.84. The maximum absolute atomic E-state index is 12.9. The summed E-state index contributed by atoms with van der Waals surface area (Å²) in [7, 11) is 0. The molecule has 0 atom stereocenters. The zero-order valence-corrected chi connectivity index (χ0v) is 7.89. The lowest BCUT2D eigenvalue weighted by Gasteiger charge is -1.95. The molecule has 0 amide bonds. The van der Waals surface area contributed by atoms with Crippen LogP contribution in [-0.4, -0.2) is 6.54 Å². The third kappa shape index (κ3) is 3.17. The van der Waals surface area contributed by atoms with Crippen molar-refractivity contribution in [1.82, 2.24) is 0 Å². The average Bonchev–Trinajstić information content (AvgIpc) is 2.12. The summed E-state index contributed by atoms with van der Waals surface area (Å²) in [5, 5.41) is 0.149. The van der Waals surface area contributed by atoms with Gasteiger partial charge in [0, 0.05) is 0 Å². The van der Waals surface area contributed by atoms with E-state index >= 15 is 0 Å². The Labute approximate surface area is 82.0 Å². The van der Waals surface area contributed by atoms with Crippen LogP contribution in [0.15, 0.2) is 24.3 Å². The first kappa shape index (κ1) is 10.2. The van der Waals surface area contributed by atoms with E-state index in [1.54, 1.807) is 12.1 Å². The molecule has 3 heteroatoms. The van der Waals surface area contributed by atoms with Crippen molar-refractivity contribution in [1.29, 1.82) is 0 Å². The molecule has 0 aliphatic carbocycles. The fourth-order valence-corrected chi connectivity index (χ4v) is 1.05. The molecule has 0 heterocycles. The van der Waals surface area contributed by atoms with Crippen molar-refractivity contribution in [2.45, 2.75) is 6.42 Å². The lowest BCUT2D eigenvalue weighted by Crippen LogP contribution is -1.94. The van der Waals surface area contributed by atoms with Crippen molar-refractivity contribution in [3.8, 4) is 0 Å². The molecular formula is C10H11ClFN. The second kappa shape index (κ2) is 5.00. The first-order valence-electron chi connectivity index (χ1n) is 4.05. The second-order valence-corrected chi connectivity index (χ2v) is 3.06. The Balaban J connectivity index is 2.73. The van der Waals surface area contributed by atoms with Crippen LogP contribution in [0, 0.1) is 5.82 Å². The zero-order valence-electron chi connectivity index (χ0n) is 7.13. The van der Waals surface area contributed by atoms with Gasteiger partial charge in [0.15, 0.2) is 0 Å². The largest absolute Gasteiger partial charge is 0.330 e. The molecule has 0 bridgehead atoms. The number of hydrogen-bond acceptors (Lipinski definition) is 1. The van der Waals surface area contributed by atoms with Gasteiger partial charge in [-0.05, 0) is 30.7 Å². The first-order chi connectivity index (χ1) is 6.24. The van der Waals surface area contributed by atoms with Crippen LogP contribution in [0.4, 0.5) is 4.39 Å². The molecule has 0 unspecified atom stereocenters. The first-order valence-corrected chi connectivity index (χ1v) is 4.43. The van der Waals surface area contributed by atoms with E-state index in [0.29, 0.717) is 6.54 Å². The Morgan fingerprint density at radius 1 is 1.46 bits per heavy atom. The highest BCUT2D eigenvalue weighted by molar-refractivity contribution is 6.30. The van der Waals surface area contributed by atoms with Crippen molar-refractivity contribution in [3.05, 3.63) is 40.7 Å². The Morgan fingerprint density at radius 3 is 2.85 bits per heavy atom. The van der Waals surface area contributed by atoms with Gasteiger partial charge in [0.05, 0.1) is 5.02 Å². The molecule has 70 valence electrons. The fourth-order valence-electron chi connectivity index (χ4n) is 0.932. The van der Waals surface area contributed by atoms with E-state index in [2.05, 4.69) is 0 Å². The molecule has 0 saturated heterocycles. The van der Waals surface area contributed by atoms with E-state index in [9.17, 15) is 4.39 Å². The monoisotopic (exact) mass is 199 g/mol. The van der Waals surface area contributed by atoms with Crippen LogP contribution in [0.1, 0.15) is 12.0 Å². The van der Waals surface area contributed by atoms with Crippen LogP contribution in [0.2, 0.25) is 5.02 Å². The van der Waals surface area contributed by atoms with Gasteiger partial charge in [-0.1, -0.05) is 29.8 Å². The topological polar surface area (TPSA) is 26.0 Å². The van der Waals surface area contributed by atoms with Crippen molar-refractivity contribution in [3.63, 3.8) is 0 Å². The number of rotatable bonds is 3. The van der Waals surface area contributed by atoms with E-state index in [1.807, 2.05) is 12.2 Å². The molecule has 1 nitrogen and oxygen atoms in total. The summed E-state index contributed by atoms with van der Waals surface area (Å²) in [4.78, 5) is 0. The summed E-state index contributed by atoms with van der Waals surface area (Å²) in [6.45, 7) is 0.604. The number of benzene rings is 1. The third-order valence-corrected chi connectivity index (χ3v) is 1.89. The molecule has 0 radical (unpaired) electrons. The zero-order chi connectivity index (χ0) is 9.68. The van der Waals surface area contributed by atoms with E-state index in [-0.39, 0.29) is 5.02 Å². The highest BCUT2D eigenvalue weighted by Gasteiger charge is 1.97. The maximum atomic E-state index is 12.9. The van der Waals surface area contributed by atoms with Crippen LogP contribution in [0.25, 0.3) is 6.08 Å². The van der Waals surface area contributed by atoms with Gasteiger partial charge in [0.25, 0.3) is 0 Å². The summed E-state index contributed by atoms with van der Waals surface area (Å²) < 4.78 is 12.9.